The fourth-order valence-corrected chi connectivity index (χ4v) is 3.17. The SMILES string of the molecule is Cc1ccc(C(C)NCC2CCCc3ccccc32)o1. The molecule has 2 heteroatoms. The predicted molar refractivity (Wildman–Crippen MR) is 82.0 cm³/mol. The van der Waals surface area contributed by atoms with Crippen LogP contribution in [0.1, 0.15) is 54.4 Å². The summed E-state index contributed by atoms with van der Waals surface area (Å²) in [6, 6.07) is 13.3. The standard InChI is InChI=1S/C18H23NO/c1-13-10-11-18(20-13)14(2)19-12-16-8-5-7-15-6-3-4-9-17(15)16/h3-4,6,9-11,14,16,19H,5,7-8,12H2,1-2H3. The van der Waals surface area contributed by atoms with Gasteiger partial charge in [-0.1, -0.05) is 24.3 Å². The van der Waals surface area contributed by atoms with Crippen molar-refractivity contribution < 1.29 is 4.42 Å². The van der Waals surface area contributed by atoms with E-state index in [-0.39, 0.29) is 6.04 Å². The minimum atomic E-state index is 0.276. The van der Waals surface area contributed by atoms with Gasteiger partial charge in [0.25, 0.3) is 0 Å². The second-order valence-corrected chi connectivity index (χ2v) is 5.87. The second kappa shape index (κ2) is 5.84. The van der Waals surface area contributed by atoms with E-state index in [0.717, 1.165) is 18.1 Å². The molecule has 2 unspecified atom stereocenters. The lowest BCUT2D eigenvalue weighted by atomic mass is 9.83. The Morgan fingerprint density at radius 1 is 1.25 bits per heavy atom. The summed E-state index contributed by atoms with van der Waals surface area (Å²) in [6.45, 7) is 5.19. The average molecular weight is 269 g/mol. The minimum absolute atomic E-state index is 0.276. The number of hydrogen-bond acceptors (Lipinski definition) is 2. The van der Waals surface area contributed by atoms with Crippen LogP contribution in [0.2, 0.25) is 0 Å². The number of nitrogens with one attached hydrogen (secondary N) is 1. The van der Waals surface area contributed by atoms with E-state index < -0.39 is 0 Å². The molecule has 106 valence electrons. The summed E-state index contributed by atoms with van der Waals surface area (Å²) in [7, 11) is 0. The normalized spacial score (nSPS) is 19.6. The Labute approximate surface area is 121 Å². The van der Waals surface area contributed by atoms with Crippen LogP contribution >= 0.6 is 0 Å². The van der Waals surface area contributed by atoms with Crippen molar-refractivity contribution in [2.45, 2.75) is 45.1 Å². The monoisotopic (exact) mass is 269 g/mol. The third-order valence-electron chi connectivity index (χ3n) is 4.35. The first kappa shape index (κ1) is 13.4. The molecule has 1 aliphatic carbocycles. The molecule has 3 rings (SSSR count). The molecule has 0 aliphatic heterocycles. The number of rotatable bonds is 4. The predicted octanol–water partition coefficient (Wildman–Crippen LogP) is 4.36. The number of hydrogen-bond donors (Lipinski definition) is 1. The van der Waals surface area contributed by atoms with E-state index in [4.69, 9.17) is 4.42 Å². The van der Waals surface area contributed by atoms with Crippen molar-refractivity contribution in [3.63, 3.8) is 0 Å². The van der Waals surface area contributed by atoms with Gasteiger partial charge < -0.3 is 9.73 Å². The van der Waals surface area contributed by atoms with Gasteiger partial charge in [0.05, 0.1) is 6.04 Å². The number of benzene rings is 1. The number of aryl methyl sites for hydroxylation is 2. The van der Waals surface area contributed by atoms with Crippen molar-refractivity contribution >= 4 is 0 Å². The molecule has 0 spiro atoms. The van der Waals surface area contributed by atoms with Crippen molar-refractivity contribution in [2.24, 2.45) is 0 Å². The molecule has 2 nitrogen and oxygen atoms in total. The van der Waals surface area contributed by atoms with E-state index in [9.17, 15) is 0 Å². The fourth-order valence-electron chi connectivity index (χ4n) is 3.17. The maximum Gasteiger partial charge on any atom is 0.120 e. The zero-order valence-electron chi connectivity index (χ0n) is 12.4. The largest absolute Gasteiger partial charge is 0.465 e. The summed E-state index contributed by atoms with van der Waals surface area (Å²) in [4.78, 5) is 0. The molecule has 0 fully saturated rings. The molecule has 2 atom stereocenters. The third-order valence-corrected chi connectivity index (χ3v) is 4.35. The van der Waals surface area contributed by atoms with Gasteiger partial charge in [0.15, 0.2) is 0 Å². The van der Waals surface area contributed by atoms with Crippen molar-refractivity contribution in [1.82, 2.24) is 5.32 Å². The highest BCUT2D eigenvalue weighted by molar-refractivity contribution is 5.32. The molecular weight excluding hydrogens is 246 g/mol. The van der Waals surface area contributed by atoms with Crippen LogP contribution < -0.4 is 5.32 Å². The van der Waals surface area contributed by atoms with Gasteiger partial charge in [-0.15, -0.1) is 0 Å². The highest BCUT2D eigenvalue weighted by Crippen LogP contribution is 2.31. The third kappa shape index (κ3) is 2.80. The van der Waals surface area contributed by atoms with Crippen molar-refractivity contribution in [2.75, 3.05) is 6.54 Å². The Morgan fingerprint density at radius 3 is 2.90 bits per heavy atom. The van der Waals surface area contributed by atoms with Crippen LogP contribution in [-0.4, -0.2) is 6.54 Å². The molecule has 1 N–H and O–H groups in total. The molecule has 0 saturated carbocycles. The molecule has 20 heavy (non-hydrogen) atoms. The highest BCUT2D eigenvalue weighted by Gasteiger charge is 2.20. The Hall–Kier alpha value is -1.54. The average Bonchev–Trinajstić information content (AvgIpc) is 2.91. The summed E-state index contributed by atoms with van der Waals surface area (Å²) < 4.78 is 5.69. The van der Waals surface area contributed by atoms with Crippen LogP contribution in [0.5, 0.6) is 0 Å². The minimum Gasteiger partial charge on any atom is -0.465 e. The van der Waals surface area contributed by atoms with Gasteiger partial charge in [-0.3, -0.25) is 0 Å². The lowest BCUT2D eigenvalue weighted by Crippen LogP contribution is -2.26. The number of furan rings is 1. The van der Waals surface area contributed by atoms with Crippen LogP contribution in [-0.2, 0) is 6.42 Å². The Kier molecular flexibility index (Phi) is 3.93. The zero-order chi connectivity index (χ0) is 13.9. The Bertz CT molecular complexity index is 572. The molecular formula is C18H23NO. The summed E-state index contributed by atoms with van der Waals surface area (Å²) in [5.41, 5.74) is 3.07. The highest BCUT2D eigenvalue weighted by atomic mass is 16.3. The molecule has 0 amide bonds. The molecule has 1 aromatic heterocycles. The van der Waals surface area contributed by atoms with Gasteiger partial charge in [-0.05, 0) is 62.3 Å². The fraction of sp³-hybridized carbons (Fsp3) is 0.444. The van der Waals surface area contributed by atoms with Gasteiger partial charge in [0.2, 0.25) is 0 Å². The lowest BCUT2D eigenvalue weighted by Gasteiger charge is -2.26. The van der Waals surface area contributed by atoms with Crippen LogP contribution in [0.3, 0.4) is 0 Å². The summed E-state index contributed by atoms with van der Waals surface area (Å²) in [5.74, 6) is 2.65. The van der Waals surface area contributed by atoms with E-state index in [1.54, 1.807) is 0 Å². The van der Waals surface area contributed by atoms with E-state index in [1.165, 1.54) is 30.4 Å². The molecule has 1 aromatic carbocycles. The van der Waals surface area contributed by atoms with Crippen molar-refractivity contribution in [1.29, 1.82) is 0 Å². The Balaban J connectivity index is 1.65. The van der Waals surface area contributed by atoms with Gasteiger partial charge in [-0.2, -0.15) is 0 Å². The molecule has 1 aliphatic rings. The maximum absolute atomic E-state index is 5.69. The zero-order valence-corrected chi connectivity index (χ0v) is 12.4. The van der Waals surface area contributed by atoms with Gasteiger partial charge in [0, 0.05) is 6.54 Å². The van der Waals surface area contributed by atoms with Crippen LogP contribution in [0.25, 0.3) is 0 Å². The van der Waals surface area contributed by atoms with Crippen molar-refractivity contribution in [3.8, 4) is 0 Å². The van der Waals surface area contributed by atoms with Crippen LogP contribution in [0, 0.1) is 6.92 Å². The van der Waals surface area contributed by atoms with Crippen LogP contribution in [0.15, 0.2) is 40.8 Å². The van der Waals surface area contributed by atoms with Gasteiger partial charge in [-0.25, -0.2) is 0 Å². The number of fused-ring (bicyclic) bond motifs is 1. The maximum atomic E-state index is 5.69. The first-order valence-electron chi connectivity index (χ1n) is 7.61. The molecule has 0 bridgehead atoms. The molecule has 0 radical (unpaired) electrons. The van der Waals surface area contributed by atoms with Gasteiger partial charge in [0.1, 0.15) is 11.5 Å². The topological polar surface area (TPSA) is 25.2 Å². The molecule has 0 saturated heterocycles. The van der Waals surface area contributed by atoms with E-state index >= 15 is 0 Å². The molecule has 2 aromatic rings. The van der Waals surface area contributed by atoms with E-state index in [0.29, 0.717) is 5.92 Å². The first-order valence-corrected chi connectivity index (χ1v) is 7.61. The van der Waals surface area contributed by atoms with E-state index in [1.807, 2.05) is 13.0 Å². The first-order chi connectivity index (χ1) is 9.74. The van der Waals surface area contributed by atoms with E-state index in [2.05, 4.69) is 42.6 Å². The Morgan fingerprint density at radius 2 is 2.10 bits per heavy atom. The quantitative estimate of drug-likeness (QED) is 0.892. The van der Waals surface area contributed by atoms with Crippen LogP contribution in [0.4, 0.5) is 0 Å². The lowest BCUT2D eigenvalue weighted by molar-refractivity contribution is 0.398. The summed E-state index contributed by atoms with van der Waals surface area (Å²) >= 11 is 0. The smallest absolute Gasteiger partial charge is 0.120 e. The van der Waals surface area contributed by atoms with Gasteiger partial charge >= 0.3 is 0 Å². The van der Waals surface area contributed by atoms with Crippen molar-refractivity contribution in [3.05, 3.63) is 59.0 Å². The molecule has 1 heterocycles. The summed E-state index contributed by atoms with van der Waals surface area (Å²) in [5, 5.41) is 3.63. The second-order valence-electron chi connectivity index (χ2n) is 5.87. The summed E-state index contributed by atoms with van der Waals surface area (Å²) in [6.07, 6.45) is 3.82.